The maximum Gasteiger partial charge on any atom is 0.0655 e. The normalized spacial score (nSPS) is 26.8. The molecule has 1 aliphatic carbocycles. The molecule has 19 heavy (non-hydrogen) atoms. The van der Waals surface area contributed by atoms with Crippen molar-refractivity contribution in [2.75, 3.05) is 6.61 Å². The van der Waals surface area contributed by atoms with Crippen LogP contribution in [0, 0.1) is 12.3 Å². The third kappa shape index (κ3) is 3.01. The molecule has 0 saturated heterocycles. The van der Waals surface area contributed by atoms with Gasteiger partial charge in [0.05, 0.1) is 6.10 Å². The lowest BCUT2D eigenvalue weighted by atomic mass is 9.64. The topological polar surface area (TPSA) is 21.3 Å². The summed E-state index contributed by atoms with van der Waals surface area (Å²) in [6.45, 7) is 11.9. The average Bonchev–Trinajstić information content (AvgIpc) is 2.38. The van der Waals surface area contributed by atoms with Gasteiger partial charge < -0.3 is 10.1 Å². The van der Waals surface area contributed by atoms with Crippen LogP contribution in [0.1, 0.15) is 51.3 Å². The van der Waals surface area contributed by atoms with Gasteiger partial charge in [-0.15, -0.1) is 0 Å². The fourth-order valence-corrected chi connectivity index (χ4v) is 2.91. The van der Waals surface area contributed by atoms with Gasteiger partial charge in [0.15, 0.2) is 0 Å². The van der Waals surface area contributed by atoms with Crippen molar-refractivity contribution in [1.82, 2.24) is 5.32 Å². The monoisotopic (exact) mass is 261 g/mol. The van der Waals surface area contributed by atoms with Gasteiger partial charge in [0.1, 0.15) is 0 Å². The molecule has 1 N–H and O–H groups in total. The van der Waals surface area contributed by atoms with E-state index in [0.29, 0.717) is 18.2 Å². The van der Waals surface area contributed by atoms with Crippen molar-refractivity contribution in [2.24, 2.45) is 5.41 Å². The second-order valence-electron chi connectivity index (χ2n) is 6.35. The molecule has 0 aliphatic heterocycles. The Labute approximate surface area is 117 Å². The Bertz CT molecular complexity index is 410. The van der Waals surface area contributed by atoms with Crippen molar-refractivity contribution in [3.63, 3.8) is 0 Å². The van der Waals surface area contributed by atoms with E-state index in [4.69, 9.17) is 4.74 Å². The highest BCUT2D eigenvalue weighted by Crippen LogP contribution is 2.43. The van der Waals surface area contributed by atoms with Crippen molar-refractivity contribution >= 4 is 0 Å². The molecule has 0 aromatic heterocycles. The van der Waals surface area contributed by atoms with Gasteiger partial charge in [-0.2, -0.15) is 0 Å². The smallest absolute Gasteiger partial charge is 0.0655 e. The van der Waals surface area contributed by atoms with E-state index >= 15 is 0 Å². The number of aryl methyl sites for hydroxylation is 1. The number of nitrogens with one attached hydrogen (secondary N) is 1. The summed E-state index contributed by atoms with van der Waals surface area (Å²) in [4.78, 5) is 0. The zero-order valence-corrected chi connectivity index (χ0v) is 12.9. The molecule has 2 rings (SSSR count). The van der Waals surface area contributed by atoms with Crippen LogP contribution in [0.4, 0.5) is 0 Å². The van der Waals surface area contributed by atoms with Crippen LogP contribution in [0.3, 0.4) is 0 Å². The van der Waals surface area contributed by atoms with Crippen LogP contribution in [-0.2, 0) is 4.74 Å². The first-order chi connectivity index (χ1) is 8.95. The molecule has 0 heterocycles. The maximum atomic E-state index is 5.79. The van der Waals surface area contributed by atoms with Gasteiger partial charge in [0, 0.05) is 24.1 Å². The predicted octanol–water partition coefficient (Wildman–Crippen LogP) is 3.85. The number of hydrogen-bond donors (Lipinski definition) is 1. The average molecular weight is 261 g/mol. The first kappa shape index (κ1) is 14.5. The van der Waals surface area contributed by atoms with Gasteiger partial charge in [-0.3, -0.25) is 0 Å². The van der Waals surface area contributed by atoms with Gasteiger partial charge in [-0.25, -0.2) is 0 Å². The van der Waals surface area contributed by atoms with Crippen LogP contribution in [0.15, 0.2) is 24.3 Å². The Kier molecular flexibility index (Phi) is 4.32. The van der Waals surface area contributed by atoms with E-state index in [9.17, 15) is 0 Å². The minimum Gasteiger partial charge on any atom is -0.378 e. The Morgan fingerprint density at radius 3 is 2.47 bits per heavy atom. The summed E-state index contributed by atoms with van der Waals surface area (Å²) in [7, 11) is 0. The molecule has 0 spiro atoms. The Morgan fingerprint density at radius 1 is 1.32 bits per heavy atom. The number of rotatable bonds is 5. The summed E-state index contributed by atoms with van der Waals surface area (Å²) in [5.74, 6) is 0. The van der Waals surface area contributed by atoms with Crippen molar-refractivity contribution in [3.8, 4) is 0 Å². The first-order valence-corrected chi connectivity index (χ1v) is 7.39. The molecule has 2 unspecified atom stereocenters. The van der Waals surface area contributed by atoms with Gasteiger partial charge >= 0.3 is 0 Å². The standard InChI is InChI=1S/C17H27NO/c1-6-19-16-11-15(17(16,4)5)18-13(3)14-9-7-12(2)8-10-14/h7-10,13,15-16,18H,6,11H2,1-5H3/t13-,15?,16?/m1/s1. The largest absolute Gasteiger partial charge is 0.378 e. The van der Waals surface area contributed by atoms with Gasteiger partial charge in [-0.1, -0.05) is 43.7 Å². The molecule has 1 saturated carbocycles. The minimum absolute atomic E-state index is 0.231. The lowest BCUT2D eigenvalue weighted by molar-refractivity contribution is -0.116. The van der Waals surface area contributed by atoms with E-state index in [1.165, 1.54) is 11.1 Å². The summed E-state index contributed by atoms with van der Waals surface area (Å²) in [5.41, 5.74) is 2.91. The predicted molar refractivity (Wildman–Crippen MR) is 80.3 cm³/mol. The maximum absolute atomic E-state index is 5.79. The third-order valence-electron chi connectivity index (χ3n) is 4.57. The highest BCUT2D eigenvalue weighted by Gasteiger charge is 2.48. The van der Waals surface area contributed by atoms with Gasteiger partial charge in [-0.05, 0) is 32.8 Å². The number of hydrogen-bond acceptors (Lipinski definition) is 2. The fraction of sp³-hybridized carbons (Fsp3) is 0.647. The van der Waals surface area contributed by atoms with E-state index in [0.717, 1.165) is 13.0 Å². The second-order valence-corrected chi connectivity index (χ2v) is 6.35. The van der Waals surface area contributed by atoms with E-state index < -0.39 is 0 Å². The third-order valence-corrected chi connectivity index (χ3v) is 4.57. The van der Waals surface area contributed by atoms with Crippen molar-refractivity contribution < 1.29 is 4.74 Å². The highest BCUT2D eigenvalue weighted by atomic mass is 16.5. The second kappa shape index (κ2) is 5.64. The van der Waals surface area contributed by atoms with Gasteiger partial charge in [0.25, 0.3) is 0 Å². The summed E-state index contributed by atoms with van der Waals surface area (Å²) >= 11 is 0. The molecule has 0 bridgehead atoms. The summed E-state index contributed by atoms with van der Waals surface area (Å²) in [5, 5.41) is 3.75. The van der Waals surface area contributed by atoms with Crippen molar-refractivity contribution in [1.29, 1.82) is 0 Å². The van der Waals surface area contributed by atoms with Crippen LogP contribution >= 0.6 is 0 Å². The molecular formula is C17H27NO. The zero-order valence-electron chi connectivity index (χ0n) is 12.9. The van der Waals surface area contributed by atoms with Gasteiger partial charge in [0.2, 0.25) is 0 Å². The van der Waals surface area contributed by atoms with Crippen LogP contribution in [0.5, 0.6) is 0 Å². The van der Waals surface area contributed by atoms with E-state index in [1.807, 2.05) is 0 Å². The summed E-state index contributed by atoms with van der Waals surface area (Å²) in [6, 6.07) is 9.75. The Morgan fingerprint density at radius 2 is 1.95 bits per heavy atom. The molecule has 106 valence electrons. The van der Waals surface area contributed by atoms with E-state index in [-0.39, 0.29) is 5.41 Å². The molecule has 2 nitrogen and oxygen atoms in total. The molecule has 1 aliphatic rings. The fourth-order valence-electron chi connectivity index (χ4n) is 2.91. The quantitative estimate of drug-likeness (QED) is 0.869. The minimum atomic E-state index is 0.231. The molecular weight excluding hydrogens is 234 g/mol. The lowest BCUT2D eigenvalue weighted by Gasteiger charge is -2.52. The summed E-state index contributed by atoms with van der Waals surface area (Å²) in [6.07, 6.45) is 1.53. The Hall–Kier alpha value is -0.860. The molecule has 1 aromatic carbocycles. The molecule has 1 aromatic rings. The highest BCUT2D eigenvalue weighted by molar-refractivity contribution is 5.24. The first-order valence-electron chi connectivity index (χ1n) is 7.39. The van der Waals surface area contributed by atoms with Crippen LogP contribution in [0.25, 0.3) is 0 Å². The van der Waals surface area contributed by atoms with Crippen LogP contribution in [0.2, 0.25) is 0 Å². The lowest BCUT2D eigenvalue weighted by Crippen LogP contribution is -2.61. The molecule has 3 atom stereocenters. The molecule has 0 amide bonds. The van der Waals surface area contributed by atoms with Crippen LogP contribution < -0.4 is 5.32 Å². The summed E-state index contributed by atoms with van der Waals surface area (Å²) < 4.78 is 5.79. The van der Waals surface area contributed by atoms with Crippen molar-refractivity contribution in [3.05, 3.63) is 35.4 Å². The van der Waals surface area contributed by atoms with Crippen molar-refractivity contribution in [2.45, 2.75) is 59.2 Å². The van der Waals surface area contributed by atoms with Crippen LogP contribution in [-0.4, -0.2) is 18.8 Å². The zero-order chi connectivity index (χ0) is 14.0. The molecule has 2 heteroatoms. The van der Waals surface area contributed by atoms with E-state index in [1.54, 1.807) is 0 Å². The molecule has 1 fully saturated rings. The van der Waals surface area contributed by atoms with E-state index in [2.05, 4.69) is 64.2 Å². The number of ether oxygens (including phenoxy) is 1. The Balaban J connectivity index is 1.93. The number of benzene rings is 1. The SMILES string of the molecule is CCOC1CC(N[C@H](C)c2ccc(C)cc2)C1(C)C. The molecule has 0 radical (unpaired) electrons.